The van der Waals surface area contributed by atoms with E-state index in [4.69, 9.17) is 11.6 Å². The Bertz CT molecular complexity index is 649. The van der Waals surface area contributed by atoms with E-state index in [1.807, 2.05) is 12.1 Å². The van der Waals surface area contributed by atoms with Gasteiger partial charge in [0.05, 0.1) is 0 Å². The quantitative estimate of drug-likeness (QED) is 0.726. The van der Waals surface area contributed by atoms with Crippen molar-refractivity contribution in [2.75, 3.05) is 13.6 Å². The highest BCUT2D eigenvalue weighted by Gasteiger charge is 2.44. The first-order chi connectivity index (χ1) is 10.3. The molecule has 0 N–H and O–H groups in total. The molecule has 1 aliphatic heterocycles. The van der Waals surface area contributed by atoms with Gasteiger partial charge in [-0.1, -0.05) is 48.0 Å². The van der Waals surface area contributed by atoms with E-state index in [0.717, 1.165) is 5.02 Å². The number of hydrogen-bond donors (Lipinski definition) is 0. The van der Waals surface area contributed by atoms with Crippen LogP contribution in [0.1, 0.15) is 41.5 Å². The number of likely N-dealkylation sites (tertiary alicyclic amines) is 1. The van der Waals surface area contributed by atoms with E-state index in [0.29, 0.717) is 17.9 Å². The van der Waals surface area contributed by atoms with E-state index in [1.165, 1.54) is 36.1 Å². The van der Waals surface area contributed by atoms with Crippen molar-refractivity contribution >= 4 is 11.6 Å². The molecule has 1 heterocycles. The van der Waals surface area contributed by atoms with E-state index in [1.54, 1.807) is 0 Å². The number of piperidine rings is 1. The van der Waals surface area contributed by atoms with Gasteiger partial charge in [-0.3, -0.25) is 4.90 Å². The third kappa shape index (κ3) is 2.11. The topological polar surface area (TPSA) is 3.24 Å². The Morgan fingerprint density at radius 2 is 1.71 bits per heavy atom. The highest BCUT2D eigenvalue weighted by molar-refractivity contribution is 6.30. The van der Waals surface area contributed by atoms with Crippen LogP contribution in [0.4, 0.5) is 0 Å². The number of rotatable bonds is 1. The average Bonchev–Trinajstić information content (AvgIpc) is 2.84. The van der Waals surface area contributed by atoms with Crippen molar-refractivity contribution in [3.8, 4) is 0 Å². The van der Waals surface area contributed by atoms with Crippen molar-refractivity contribution in [3.05, 3.63) is 70.2 Å². The lowest BCUT2D eigenvalue weighted by atomic mass is 9.80. The summed E-state index contributed by atoms with van der Waals surface area (Å²) in [5.74, 6) is 1.22. The monoisotopic (exact) mass is 297 g/mol. The molecule has 1 aliphatic carbocycles. The lowest BCUT2D eigenvalue weighted by molar-refractivity contribution is 0.127. The third-order valence-electron chi connectivity index (χ3n) is 5.24. The first-order valence-electron chi connectivity index (χ1n) is 7.80. The van der Waals surface area contributed by atoms with Crippen molar-refractivity contribution in [1.29, 1.82) is 0 Å². The molecule has 2 heteroatoms. The molecule has 4 rings (SSSR count). The Labute approximate surface area is 131 Å². The van der Waals surface area contributed by atoms with Crippen LogP contribution in [0.15, 0.2) is 48.5 Å². The van der Waals surface area contributed by atoms with Crippen LogP contribution < -0.4 is 0 Å². The van der Waals surface area contributed by atoms with Gasteiger partial charge in [-0.25, -0.2) is 0 Å². The fourth-order valence-corrected chi connectivity index (χ4v) is 4.53. The highest BCUT2D eigenvalue weighted by Crippen LogP contribution is 2.54. The molecular formula is C19H20ClN. The number of halogens is 1. The van der Waals surface area contributed by atoms with Crippen LogP contribution in [0.5, 0.6) is 0 Å². The molecule has 0 bridgehead atoms. The zero-order valence-corrected chi connectivity index (χ0v) is 13.1. The van der Waals surface area contributed by atoms with Crippen molar-refractivity contribution in [3.63, 3.8) is 0 Å². The Kier molecular flexibility index (Phi) is 3.28. The average molecular weight is 298 g/mol. The second-order valence-corrected chi connectivity index (χ2v) is 6.83. The predicted molar refractivity (Wildman–Crippen MR) is 87.8 cm³/mol. The Morgan fingerprint density at radius 1 is 1.00 bits per heavy atom. The summed E-state index contributed by atoms with van der Waals surface area (Å²) in [7, 11) is 2.28. The molecule has 3 atom stereocenters. The maximum absolute atomic E-state index is 6.07. The summed E-state index contributed by atoms with van der Waals surface area (Å²) < 4.78 is 0. The molecule has 0 amide bonds. The number of nitrogens with zero attached hydrogens (tertiary/aromatic N) is 1. The van der Waals surface area contributed by atoms with E-state index >= 15 is 0 Å². The second kappa shape index (κ2) is 5.15. The standard InChI is InChI=1S/C19H20ClN/c1-21-12-4-7-17-18(13-8-10-14(20)11-9-13)15-5-2-3-6-16(15)19(17)21/h2-3,5-6,8-11,17-19H,4,7,12H2,1H3/t17-,18-,19+/m0/s1. The largest absolute Gasteiger partial charge is 0.299 e. The van der Waals surface area contributed by atoms with Gasteiger partial charge in [-0.15, -0.1) is 0 Å². The van der Waals surface area contributed by atoms with Crippen LogP contribution in [0.3, 0.4) is 0 Å². The van der Waals surface area contributed by atoms with Crippen molar-refractivity contribution < 1.29 is 0 Å². The second-order valence-electron chi connectivity index (χ2n) is 6.39. The normalized spacial score (nSPS) is 28.2. The van der Waals surface area contributed by atoms with Gasteiger partial charge in [0.25, 0.3) is 0 Å². The number of benzene rings is 2. The molecule has 108 valence electrons. The fourth-order valence-electron chi connectivity index (χ4n) is 4.41. The summed E-state index contributed by atoms with van der Waals surface area (Å²) >= 11 is 6.07. The van der Waals surface area contributed by atoms with Gasteiger partial charge in [0.15, 0.2) is 0 Å². The maximum atomic E-state index is 6.07. The molecule has 1 saturated heterocycles. The number of hydrogen-bond acceptors (Lipinski definition) is 1. The molecule has 1 fully saturated rings. The van der Waals surface area contributed by atoms with Gasteiger partial charge in [-0.05, 0) is 61.2 Å². The molecule has 0 saturated carbocycles. The Morgan fingerprint density at radius 3 is 2.48 bits per heavy atom. The lowest BCUT2D eigenvalue weighted by Gasteiger charge is -2.37. The van der Waals surface area contributed by atoms with Gasteiger partial charge in [0, 0.05) is 17.0 Å². The minimum Gasteiger partial charge on any atom is -0.299 e. The molecular weight excluding hydrogens is 278 g/mol. The van der Waals surface area contributed by atoms with Crippen molar-refractivity contribution in [2.45, 2.75) is 24.8 Å². The Balaban J connectivity index is 1.84. The highest BCUT2D eigenvalue weighted by atomic mass is 35.5. The van der Waals surface area contributed by atoms with Gasteiger partial charge in [-0.2, -0.15) is 0 Å². The Hall–Kier alpha value is -1.31. The van der Waals surface area contributed by atoms with Gasteiger partial charge >= 0.3 is 0 Å². The van der Waals surface area contributed by atoms with Crippen molar-refractivity contribution in [1.82, 2.24) is 4.90 Å². The third-order valence-corrected chi connectivity index (χ3v) is 5.49. The lowest BCUT2D eigenvalue weighted by Crippen LogP contribution is -2.34. The maximum Gasteiger partial charge on any atom is 0.0406 e. The SMILES string of the molecule is CN1CCC[C@H]2[C@@H](c3ccc(Cl)cc3)c3ccccc3[C@H]21. The van der Waals surface area contributed by atoms with Crippen LogP contribution in [0.2, 0.25) is 5.02 Å². The van der Waals surface area contributed by atoms with Crippen LogP contribution in [-0.2, 0) is 0 Å². The summed E-state index contributed by atoms with van der Waals surface area (Å²) in [6.45, 7) is 1.21. The van der Waals surface area contributed by atoms with E-state index < -0.39 is 0 Å². The molecule has 1 nitrogen and oxygen atoms in total. The van der Waals surface area contributed by atoms with E-state index in [2.05, 4.69) is 48.3 Å². The van der Waals surface area contributed by atoms with Crippen LogP contribution >= 0.6 is 11.6 Å². The van der Waals surface area contributed by atoms with Gasteiger partial charge in [0.2, 0.25) is 0 Å². The molecule has 0 unspecified atom stereocenters. The molecule has 0 aromatic heterocycles. The summed E-state index contributed by atoms with van der Waals surface area (Å²) in [6, 6.07) is 18.1. The molecule has 2 aromatic rings. The van der Waals surface area contributed by atoms with Crippen LogP contribution in [0.25, 0.3) is 0 Å². The molecule has 21 heavy (non-hydrogen) atoms. The first kappa shape index (κ1) is 13.4. The van der Waals surface area contributed by atoms with E-state index in [9.17, 15) is 0 Å². The summed E-state index contributed by atoms with van der Waals surface area (Å²) in [6.07, 6.45) is 2.62. The zero-order valence-electron chi connectivity index (χ0n) is 12.3. The van der Waals surface area contributed by atoms with E-state index in [-0.39, 0.29) is 0 Å². The van der Waals surface area contributed by atoms with Crippen LogP contribution in [0, 0.1) is 5.92 Å². The van der Waals surface area contributed by atoms with Crippen molar-refractivity contribution in [2.24, 2.45) is 5.92 Å². The summed E-state index contributed by atoms with van der Waals surface area (Å²) in [4.78, 5) is 2.54. The minimum absolute atomic E-state index is 0.520. The summed E-state index contributed by atoms with van der Waals surface area (Å²) in [5.41, 5.74) is 4.46. The molecule has 2 aliphatic rings. The smallest absolute Gasteiger partial charge is 0.0406 e. The van der Waals surface area contributed by atoms with Gasteiger partial charge in [0.1, 0.15) is 0 Å². The fraction of sp³-hybridized carbons (Fsp3) is 0.368. The van der Waals surface area contributed by atoms with Crippen LogP contribution in [-0.4, -0.2) is 18.5 Å². The molecule has 2 aromatic carbocycles. The molecule has 0 spiro atoms. The minimum atomic E-state index is 0.520. The van der Waals surface area contributed by atoms with Gasteiger partial charge < -0.3 is 0 Å². The molecule has 0 radical (unpaired) electrons. The first-order valence-corrected chi connectivity index (χ1v) is 8.18. The number of fused-ring (bicyclic) bond motifs is 3. The predicted octanol–water partition coefficient (Wildman–Crippen LogP) is 4.87. The zero-order chi connectivity index (χ0) is 14.4. The summed E-state index contributed by atoms with van der Waals surface area (Å²) in [5, 5.41) is 0.822.